The van der Waals surface area contributed by atoms with Gasteiger partial charge in [0.2, 0.25) is 5.96 Å². The summed E-state index contributed by atoms with van der Waals surface area (Å²) in [6.07, 6.45) is 2.53. The summed E-state index contributed by atoms with van der Waals surface area (Å²) >= 11 is 0. The highest BCUT2D eigenvalue weighted by molar-refractivity contribution is 5.95. The molecule has 0 unspecified atom stereocenters. The molecule has 1 amide bonds. The van der Waals surface area contributed by atoms with E-state index < -0.39 is 0 Å². The molecule has 16 heavy (non-hydrogen) atoms. The zero-order valence-corrected chi connectivity index (χ0v) is 8.43. The van der Waals surface area contributed by atoms with E-state index in [2.05, 4.69) is 21.2 Å². The predicted octanol–water partition coefficient (Wildman–Crippen LogP) is -1.49. The van der Waals surface area contributed by atoms with Gasteiger partial charge < -0.3 is 10.5 Å². The SMILES string of the molecule is O=C(NNC1=NCCN1)c1cc[n+]([O-])cc1. The molecule has 0 aromatic carbocycles. The van der Waals surface area contributed by atoms with Crippen LogP contribution in [0.2, 0.25) is 0 Å². The Hall–Kier alpha value is -2.31. The Morgan fingerprint density at radius 3 is 2.88 bits per heavy atom. The molecule has 0 fully saturated rings. The van der Waals surface area contributed by atoms with Crippen molar-refractivity contribution < 1.29 is 9.52 Å². The fourth-order valence-corrected chi connectivity index (χ4v) is 1.23. The molecule has 0 bridgehead atoms. The summed E-state index contributed by atoms with van der Waals surface area (Å²) in [5, 5.41) is 13.7. The van der Waals surface area contributed by atoms with E-state index in [0.717, 1.165) is 6.54 Å². The van der Waals surface area contributed by atoms with Crippen LogP contribution in [0.4, 0.5) is 0 Å². The van der Waals surface area contributed by atoms with Crippen LogP contribution < -0.4 is 20.9 Å². The van der Waals surface area contributed by atoms with Crippen molar-refractivity contribution in [2.45, 2.75) is 0 Å². The zero-order valence-electron chi connectivity index (χ0n) is 8.43. The Morgan fingerprint density at radius 2 is 2.25 bits per heavy atom. The van der Waals surface area contributed by atoms with Crippen LogP contribution in [0, 0.1) is 5.21 Å². The smallest absolute Gasteiger partial charge is 0.270 e. The number of hydrogen-bond donors (Lipinski definition) is 3. The third kappa shape index (κ3) is 2.38. The van der Waals surface area contributed by atoms with Gasteiger partial charge >= 0.3 is 0 Å². The van der Waals surface area contributed by atoms with E-state index >= 15 is 0 Å². The van der Waals surface area contributed by atoms with E-state index in [1.807, 2.05) is 0 Å². The van der Waals surface area contributed by atoms with Crippen LogP contribution in [0.1, 0.15) is 10.4 Å². The molecule has 0 radical (unpaired) electrons. The van der Waals surface area contributed by atoms with Crippen molar-refractivity contribution in [3.05, 3.63) is 35.3 Å². The maximum atomic E-state index is 11.5. The van der Waals surface area contributed by atoms with Gasteiger partial charge in [0.15, 0.2) is 12.4 Å². The topological polar surface area (TPSA) is 92.5 Å². The number of aromatic nitrogens is 1. The number of carbonyl (C=O) groups excluding carboxylic acids is 1. The van der Waals surface area contributed by atoms with Gasteiger partial charge in [0.25, 0.3) is 5.91 Å². The first kappa shape index (κ1) is 10.2. The van der Waals surface area contributed by atoms with E-state index in [1.54, 1.807) is 0 Å². The van der Waals surface area contributed by atoms with Crippen LogP contribution in [0.25, 0.3) is 0 Å². The molecule has 2 heterocycles. The number of guanidine groups is 1. The van der Waals surface area contributed by atoms with Crippen molar-refractivity contribution in [2.24, 2.45) is 4.99 Å². The molecular weight excluding hydrogens is 210 g/mol. The Morgan fingerprint density at radius 1 is 1.50 bits per heavy atom. The van der Waals surface area contributed by atoms with Crippen LogP contribution in [-0.4, -0.2) is 25.0 Å². The van der Waals surface area contributed by atoms with Gasteiger partial charge in [-0.2, -0.15) is 4.73 Å². The van der Waals surface area contributed by atoms with Crippen molar-refractivity contribution in [1.82, 2.24) is 16.2 Å². The quantitative estimate of drug-likeness (QED) is 0.306. The molecule has 84 valence electrons. The Labute approximate surface area is 91.7 Å². The summed E-state index contributed by atoms with van der Waals surface area (Å²) in [6, 6.07) is 2.88. The fourth-order valence-electron chi connectivity index (χ4n) is 1.23. The van der Waals surface area contributed by atoms with E-state index in [9.17, 15) is 10.0 Å². The molecular formula is C9H11N5O2. The third-order valence-electron chi connectivity index (χ3n) is 2.03. The van der Waals surface area contributed by atoms with Gasteiger partial charge in [-0.25, -0.2) is 0 Å². The second-order valence-corrected chi connectivity index (χ2v) is 3.18. The molecule has 2 rings (SSSR count). The van der Waals surface area contributed by atoms with Crippen molar-refractivity contribution in [3.8, 4) is 0 Å². The van der Waals surface area contributed by atoms with E-state index in [0.29, 0.717) is 22.8 Å². The highest BCUT2D eigenvalue weighted by atomic mass is 16.5. The van der Waals surface area contributed by atoms with Gasteiger partial charge in [-0.1, -0.05) is 0 Å². The van der Waals surface area contributed by atoms with Crippen molar-refractivity contribution in [3.63, 3.8) is 0 Å². The summed E-state index contributed by atoms with van der Waals surface area (Å²) < 4.78 is 0.618. The molecule has 3 N–H and O–H groups in total. The number of pyridine rings is 1. The van der Waals surface area contributed by atoms with Crippen LogP contribution in [0.15, 0.2) is 29.5 Å². The van der Waals surface area contributed by atoms with E-state index in [-0.39, 0.29) is 5.91 Å². The first-order chi connectivity index (χ1) is 7.75. The molecule has 1 aromatic rings. The average Bonchev–Trinajstić information content (AvgIpc) is 2.80. The van der Waals surface area contributed by atoms with Gasteiger partial charge in [-0.05, 0) is 0 Å². The number of nitrogens with one attached hydrogen (secondary N) is 3. The second kappa shape index (κ2) is 4.47. The highest BCUT2D eigenvalue weighted by Crippen LogP contribution is 1.93. The Balaban J connectivity index is 1.90. The van der Waals surface area contributed by atoms with E-state index in [1.165, 1.54) is 24.5 Å². The van der Waals surface area contributed by atoms with Gasteiger partial charge in [0.05, 0.1) is 12.1 Å². The zero-order chi connectivity index (χ0) is 11.4. The lowest BCUT2D eigenvalue weighted by Crippen LogP contribution is -2.46. The number of amides is 1. The number of hydrazine groups is 1. The summed E-state index contributed by atoms with van der Waals surface area (Å²) in [5.74, 6) is 0.222. The number of nitrogens with zero attached hydrogens (tertiary/aromatic N) is 2. The van der Waals surface area contributed by atoms with Crippen LogP contribution in [0.3, 0.4) is 0 Å². The number of hydrogen-bond acceptors (Lipinski definition) is 5. The standard InChI is InChI=1S/C9H11N5O2/c15-8(7-1-5-14(16)6-2-7)12-13-9-10-3-4-11-9/h1-2,5-6H,3-4H2,(H,12,15)(H2,10,11,13). The molecule has 0 atom stereocenters. The van der Waals surface area contributed by atoms with Crippen molar-refractivity contribution in [1.29, 1.82) is 0 Å². The number of aliphatic imine (C=N–C) groups is 1. The van der Waals surface area contributed by atoms with Crippen molar-refractivity contribution in [2.75, 3.05) is 13.1 Å². The summed E-state index contributed by atoms with van der Waals surface area (Å²) in [5.41, 5.74) is 5.52. The number of rotatable bonds is 1. The minimum absolute atomic E-state index is 0.322. The average molecular weight is 221 g/mol. The molecule has 7 heteroatoms. The van der Waals surface area contributed by atoms with Crippen LogP contribution in [0.5, 0.6) is 0 Å². The molecule has 7 nitrogen and oxygen atoms in total. The van der Waals surface area contributed by atoms with Crippen LogP contribution >= 0.6 is 0 Å². The molecule has 1 aliphatic rings. The molecule has 0 spiro atoms. The molecule has 1 aliphatic heterocycles. The molecule has 1 aromatic heterocycles. The highest BCUT2D eigenvalue weighted by Gasteiger charge is 2.08. The summed E-state index contributed by atoms with van der Waals surface area (Å²) in [6.45, 7) is 1.46. The Kier molecular flexibility index (Phi) is 2.86. The maximum Gasteiger partial charge on any atom is 0.270 e. The minimum atomic E-state index is -0.322. The summed E-state index contributed by atoms with van der Waals surface area (Å²) in [4.78, 5) is 15.6. The molecule has 0 saturated carbocycles. The first-order valence-corrected chi connectivity index (χ1v) is 4.79. The Bertz CT molecular complexity index is 414. The largest absolute Gasteiger partial charge is 0.619 e. The van der Waals surface area contributed by atoms with Crippen LogP contribution in [-0.2, 0) is 0 Å². The van der Waals surface area contributed by atoms with Gasteiger partial charge in [0.1, 0.15) is 0 Å². The number of carbonyl (C=O) groups is 1. The third-order valence-corrected chi connectivity index (χ3v) is 2.03. The van der Waals surface area contributed by atoms with Crippen molar-refractivity contribution >= 4 is 11.9 Å². The lowest BCUT2D eigenvalue weighted by molar-refractivity contribution is -0.605. The first-order valence-electron chi connectivity index (χ1n) is 4.79. The van der Waals surface area contributed by atoms with Gasteiger partial charge in [-0.3, -0.25) is 20.6 Å². The predicted molar refractivity (Wildman–Crippen MR) is 56.3 cm³/mol. The van der Waals surface area contributed by atoms with Gasteiger partial charge in [-0.15, -0.1) is 0 Å². The lowest BCUT2D eigenvalue weighted by atomic mass is 10.2. The molecule has 0 saturated heterocycles. The second-order valence-electron chi connectivity index (χ2n) is 3.18. The molecule has 0 aliphatic carbocycles. The fraction of sp³-hybridized carbons (Fsp3) is 0.222. The van der Waals surface area contributed by atoms with E-state index in [4.69, 9.17) is 0 Å². The normalized spacial score (nSPS) is 13.9. The van der Waals surface area contributed by atoms with Gasteiger partial charge in [0, 0.05) is 18.7 Å². The summed E-state index contributed by atoms with van der Waals surface area (Å²) in [7, 11) is 0. The minimum Gasteiger partial charge on any atom is -0.619 e. The lowest BCUT2D eigenvalue weighted by Gasteiger charge is -2.07. The maximum absolute atomic E-state index is 11.5. The monoisotopic (exact) mass is 221 g/mol.